The van der Waals surface area contributed by atoms with Crippen LogP contribution in [0.4, 0.5) is 0 Å². The lowest BCUT2D eigenvalue weighted by Gasteiger charge is -2.36. The van der Waals surface area contributed by atoms with E-state index < -0.39 is 0 Å². The molecule has 1 aliphatic carbocycles. The normalized spacial score (nSPS) is 28.6. The van der Waals surface area contributed by atoms with Gasteiger partial charge in [-0.25, -0.2) is 0 Å². The minimum atomic E-state index is 0.111. The summed E-state index contributed by atoms with van der Waals surface area (Å²) < 4.78 is 0. The van der Waals surface area contributed by atoms with Crippen molar-refractivity contribution in [3.63, 3.8) is 0 Å². The Bertz CT molecular complexity index is 394. The van der Waals surface area contributed by atoms with E-state index in [0.29, 0.717) is 12.3 Å². The number of rotatable bonds is 5. The van der Waals surface area contributed by atoms with Gasteiger partial charge in [0, 0.05) is 38.5 Å². The van der Waals surface area contributed by atoms with Crippen LogP contribution in [0, 0.1) is 11.8 Å². The standard InChI is InChI=1S/C17H30N2O2/c1-12(2)19(11-15-9-13(15)3)17(21)10-16-7-5-6-8-18(16)14(4)20/h12-13,15-16H,5-11H2,1-4H3. The highest BCUT2D eigenvalue weighted by molar-refractivity contribution is 5.79. The average molecular weight is 294 g/mol. The molecule has 120 valence electrons. The van der Waals surface area contributed by atoms with Gasteiger partial charge in [0.15, 0.2) is 0 Å². The van der Waals surface area contributed by atoms with E-state index in [9.17, 15) is 9.59 Å². The van der Waals surface area contributed by atoms with Crippen molar-refractivity contribution in [3.05, 3.63) is 0 Å². The van der Waals surface area contributed by atoms with Crippen LogP contribution in [-0.4, -0.2) is 46.8 Å². The van der Waals surface area contributed by atoms with Crippen LogP contribution < -0.4 is 0 Å². The van der Waals surface area contributed by atoms with Crippen LogP contribution in [0.1, 0.15) is 59.8 Å². The molecule has 21 heavy (non-hydrogen) atoms. The first-order chi connectivity index (χ1) is 9.90. The zero-order valence-electron chi connectivity index (χ0n) is 14.0. The highest BCUT2D eigenvalue weighted by Crippen LogP contribution is 2.38. The molecule has 2 rings (SSSR count). The van der Waals surface area contributed by atoms with E-state index in [4.69, 9.17) is 0 Å². The number of carbonyl (C=O) groups excluding carboxylic acids is 2. The minimum absolute atomic E-state index is 0.111. The van der Waals surface area contributed by atoms with Crippen molar-refractivity contribution in [3.8, 4) is 0 Å². The van der Waals surface area contributed by atoms with Crippen molar-refractivity contribution in [2.24, 2.45) is 11.8 Å². The molecule has 0 bridgehead atoms. The first-order valence-corrected chi connectivity index (χ1v) is 8.46. The molecular weight excluding hydrogens is 264 g/mol. The van der Waals surface area contributed by atoms with Crippen LogP contribution in [0.2, 0.25) is 0 Å². The summed E-state index contributed by atoms with van der Waals surface area (Å²) in [4.78, 5) is 28.3. The molecule has 1 saturated carbocycles. The molecule has 1 heterocycles. The SMILES string of the molecule is CC(=O)N1CCCCC1CC(=O)N(CC1CC1C)C(C)C. The van der Waals surface area contributed by atoms with Gasteiger partial charge in [0.05, 0.1) is 0 Å². The molecule has 4 heteroatoms. The highest BCUT2D eigenvalue weighted by atomic mass is 16.2. The van der Waals surface area contributed by atoms with Crippen LogP contribution >= 0.6 is 0 Å². The Morgan fingerprint density at radius 3 is 2.48 bits per heavy atom. The van der Waals surface area contributed by atoms with E-state index in [-0.39, 0.29) is 23.9 Å². The first kappa shape index (κ1) is 16.3. The number of hydrogen-bond donors (Lipinski definition) is 0. The lowest BCUT2D eigenvalue weighted by Crippen LogP contribution is -2.47. The molecule has 0 N–H and O–H groups in total. The van der Waals surface area contributed by atoms with Crippen LogP contribution in [0.15, 0.2) is 0 Å². The van der Waals surface area contributed by atoms with E-state index >= 15 is 0 Å². The second-order valence-corrected chi connectivity index (χ2v) is 7.18. The molecular formula is C17H30N2O2. The van der Waals surface area contributed by atoms with Gasteiger partial charge >= 0.3 is 0 Å². The third-order valence-corrected chi connectivity index (χ3v) is 5.09. The Balaban J connectivity index is 1.94. The predicted octanol–water partition coefficient (Wildman–Crippen LogP) is 2.67. The molecule has 0 aromatic rings. The molecule has 1 saturated heterocycles. The van der Waals surface area contributed by atoms with Crippen LogP contribution in [-0.2, 0) is 9.59 Å². The van der Waals surface area contributed by atoms with Gasteiger partial charge in [-0.2, -0.15) is 0 Å². The molecule has 2 amide bonds. The van der Waals surface area contributed by atoms with E-state index in [2.05, 4.69) is 20.8 Å². The average Bonchev–Trinajstić information content (AvgIpc) is 3.11. The third-order valence-electron chi connectivity index (χ3n) is 5.09. The summed E-state index contributed by atoms with van der Waals surface area (Å²) in [6, 6.07) is 0.362. The molecule has 3 atom stereocenters. The van der Waals surface area contributed by atoms with Crippen molar-refractivity contribution < 1.29 is 9.59 Å². The van der Waals surface area contributed by atoms with Gasteiger partial charge < -0.3 is 9.80 Å². The largest absolute Gasteiger partial charge is 0.340 e. The Hall–Kier alpha value is -1.06. The highest BCUT2D eigenvalue weighted by Gasteiger charge is 2.36. The quantitative estimate of drug-likeness (QED) is 0.782. The van der Waals surface area contributed by atoms with Crippen molar-refractivity contribution in [1.29, 1.82) is 0 Å². The molecule has 0 aromatic carbocycles. The summed E-state index contributed by atoms with van der Waals surface area (Å²) in [7, 11) is 0. The van der Waals surface area contributed by atoms with Gasteiger partial charge in [-0.3, -0.25) is 9.59 Å². The molecule has 0 spiro atoms. The van der Waals surface area contributed by atoms with Crippen molar-refractivity contribution in [2.75, 3.05) is 13.1 Å². The van der Waals surface area contributed by atoms with Gasteiger partial charge in [-0.05, 0) is 51.4 Å². The number of nitrogens with zero attached hydrogens (tertiary/aromatic N) is 2. The van der Waals surface area contributed by atoms with Crippen molar-refractivity contribution in [2.45, 2.75) is 71.9 Å². The Labute approximate surface area is 128 Å². The Kier molecular flexibility index (Phi) is 5.28. The number of carbonyl (C=O) groups is 2. The summed E-state index contributed by atoms with van der Waals surface area (Å²) in [6.45, 7) is 9.77. The molecule has 4 nitrogen and oxygen atoms in total. The number of amides is 2. The first-order valence-electron chi connectivity index (χ1n) is 8.46. The van der Waals surface area contributed by atoms with Crippen molar-refractivity contribution in [1.82, 2.24) is 9.80 Å². The van der Waals surface area contributed by atoms with Crippen LogP contribution in [0.5, 0.6) is 0 Å². The number of likely N-dealkylation sites (tertiary alicyclic amines) is 1. The summed E-state index contributed by atoms with van der Waals surface area (Å²) in [5, 5.41) is 0. The predicted molar refractivity (Wildman–Crippen MR) is 83.8 cm³/mol. The maximum atomic E-state index is 12.7. The second-order valence-electron chi connectivity index (χ2n) is 7.18. The topological polar surface area (TPSA) is 40.6 Å². The lowest BCUT2D eigenvalue weighted by atomic mass is 9.98. The molecule has 1 aliphatic heterocycles. The molecule has 2 aliphatic rings. The van der Waals surface area contributed by atoms with Gasteiger partial charge in [0.1, 0.15) is 0 Å². The summed E-state index contributed by atoms with van der Waals surface area (Å²) in [6.07, 6.45) is 4.91. The van der Waals surface area contributed by atoms with Gasteiger partial charge in [-0.1, -0.05) is 6.92 Å². The minimum Gasteiger partial charge on any atom is -0.340 e. The van der Waals surface area contributed by atoms with E-state index in [1.807, 2.05) is 9.80 Å². The molecule has 2 fully saturated rings. The fourth-order valence-corrected chi connectivity index (χ4v) is 3.45. The Morgan fingerprint density at radius 2 is 1.95 bits per heavy atom. The van der Waals surface area contributed by atoms with Gasteiger partial charge in [0.2, 0.25) is 11.8 Å². The zero-order valence-corrected chi connectivity index (χ0v) is 14.0. The van der Waals surface area contributed by atoms with E-state index in [1.165, 1.54) is 6.42 Å². The zero-order chi connectivity index (χ0) is 15.6. The second kappa shape index (κ2) is 6.80. The number of hydrogen-bond acceptors (Lipinski definition) is 2. The maximum Gasteiger partial charge on any atom is 0.224 e. The van der Waals surface area contributed by atoms with Gasteiger partial charge in [-0.15, -0.1) is 0 Å². The lowest BCUT2D eigenvalue weighted by molar-refractivity contribution is -0.138. The summed E-state index contributed by atoms with van der Waals surface area (Å²) >= 11 is 0. The molecule has 0 aromatic heterocycles. The van der Waals surface area contributed by atoms with Gasteiger partial charge in [0.25, 0.3) is 0 Å². The smallest absolute Gasteiger partial charge is 0.224 e. The van der Waals surface area contributed by atoms with E-state index in [1.54, 1.807) is 6.92 Å². The fraction of sp³-hybridized carbons (Fsp3) is 0.882. The Morgan fingerprint density at radius 1 is 1.29 bits per heavy atom. The monoisotopic (exact) mass is 294 g/mol. The van der Waals surface area contributed by atoms with Crippen LogP contribution in [0.3, 0.4) is 0 Å². The molecule has 0 radical (unpaired) electrons. The van der Waals surface area contributed by atoms with Crippen molar-refractivity contribution >= 4 is 11.8 Å². The summed E-state index contributed by atoms with van der Waals surface area (Å²) in [5.41, 5.74) is 0. The van der Waals surface area contributed by atoms with Crippen LogP contribution in [0.25, 0.3) is 0 Å². The third kappa shape index (κ3) is 4.21. The van der Waals surface area contributed by atoms with E-state index in [0.717, 1.165) is 38.3 Å². The summed E-state index contributed by atoms with van der Waals surface area (Å²) in [5.74, 6) is 1.79. The number of piperidine rings is 1. The fourth-order valence-electron chi connectivity index (χ4n) is 3.45. The maximum absolute atomic E-state index is 12.7. The molecule has 3 unspecified atom stereocenters.